The van der Waals surface area contributed by atoms with Gasteiger partial charge in [0, 0.05) is 18.8 Å². The van der Waals surface area contributed by atoms with Gasteiger partial charge in [0.1, 0.15) is 11.4 Å². The average Bonchev–Trinajstić information content (AvgIpc) is 3.21. The summed E-state index contributed by atoms with van der Waals surface area (Å²) in [6.45, 7) is 0.412. The number of carbonyl (C=O) groups is 1. The lowest BCUT2D eigenvalue weighted by Gasteiger charge is -2.45. The highest BCUT2D eigenvalue weighted by atomic mass is 35.5. The minimum Gasteiger partial charge on any atom is -0.497 e. The zero-order chi connectivity index (χ0) is 23.3. The zero-order valence-corrected chi connectivity index (χ0v) is 18.3. The van der Waals surface area contributed by atoms with Crippen LogP contribution in [-0.4, -0.2) is 43.7 Å². The number of rotatable bonds is 3. The fourth-order valence-corrected chi connectivity index (χ4v) is 4.99. The molecule has 0 aliphatic carbocycles. The fraction of sp³-hybridized carbons (Fsp3) is 0.364. The molecule has 0 radical (unpaired) electrons. The van der Waals surface area contributed by atoms with Crippen molar-refractivity contribution < 1.29 is 22.7 Å². The molecule has 5 rings (SSSR count). The number of alkyl halides is 3. The quantitative estimate of drug-likeness (QED) is 0.543. The lowest BCUT2D eigenvalue weighted by molar-refractivity contribution is -0.137. The van der Waals surface area contributed by atoms with Crippen LogP contribution in [0.3, 0.4) is 0 Å². The van der Waals surface area contributed by atoms with Crippen LogP contribution in [0.5, 0.6) is 5.75 Å². The molecule has 11 heteroatoms. The fourth-order valence-electron chi connectivity index (χ4n) is 4.68. The first-order chi connectivity index (χ1) is 15.8. The number of methoxy groups -OCH3 is 1. The molecule has 1 amide bonds. The van der Waals surface area contributed by atoms with Crippen molar-refractivity contribution >= 4 is 17.5 Å². The van der Waals surface area contributed by atoms with Crippen LogP contribution in [0.4, 0.5) is 13.2 Å². The normalized spacial score (nSPS) is 19.8. The lowest BCUT2D eigenvalue weighted by Crippen LogP contribution is -2.52. The molecule has 0 spiro atoms. The smallest absolute Gasteiger partial charge is 0.417 e. The molecular formula is C22H19ClF3N5O2. The molecule has 172 valence electrons. The maximum atomic E-state index is 13.5. The molecule has 2 atom stereocenters. The molecule has 0 saturated carbocycles. The highest BCUT2D eigenvalue weighted by molar-refractivity contribution is 6.34. The van der Waals surface area contributed by atoms with Crippen LogP contribution >= 0.6 is 11.6 Å². The monoisotopic (exact) mass is 477 g/mol. The second-order valence-electron chi connectivity index (χ2n) is 8.05. The van der Waals surface area contributed by atoms with Crippen molar-refractivity contribution in [3.05, 3.63) is 58.5 Å². The van der Waals surface area contributed by atoms with Gasteiger partial charge >= 0.3 is 6.18 Å². The Labute approximate surface area is 192 Å². The molecule has 0 N–H and O–H groups in total. The van der Waals surface area contributed by atoms with Gasteiger partial charge in [0.15, 0.2) is 11.6 Å². The number of pyridine rings is 1. The summed E-state index contributed by atoms with van der Waals surface area (Å²) in [5.74, 6) is 1.24. The van der Waals surface area contributed by atoms with Crippen LogP contribution in [0.1, 0.15) is 47.1 Å². The third kappa shape index (κ3) is 3.62. The number of piperidine rings is 1. The summed E-state index contributed by atoms with van der Waals surface area (Å²) in [5.41, 5.74) is -0.593. The minimum absolute atomic E-state index is 0.161. The van der Waals surface area contributed by atoms with Crippen LogP contribution in [0.25, 0.3) is 11.5 Å². The number of hydrogen-bond acceptors (Lipinski definition) is 5. The number of nitrogens with zero attached hydrogens (tertiary/aromatic N) is 5. The number of aromatic nitrogens is 4. The Kier molecular flexibility index (Phi) is 5.27. The Bertz CT molecular complexity index is 1230. The first kappa shape index (κ1) is 21.7. The largest absolute Gasteiger partial charge is 0.497 e. The van der Waals surface area contributed by atoms with E-state index in [2.05, 4.69) is 15.2 Å². The maximum absolute atomic E-state index is 13.5. The topological polar surface area (TPSA) is 73.1 Å². The van der Waals surface area contributed by atoms with Gasteiger partial charge in [-0.15, -0.1) is 10.2 Å². The van der Waals surface area contributed by atoms with E-state index < -0.39 is 28.7 Å². The molecular weight excluding hydrogens is 459 g/mol. The van der Waals surface area contributed by atoms with E-state index in [1.807, 2.05) is 4.57 Å². The summed E-state index contributed by atoms with van der Waals surface area (Å²) in [6.07, 6.45) is -0.826. The Morgan fingerprint density at radius 3 is 2.79 bits per heavy atom. The zero-order valence-electron chi connectivity index (χ0n) is 17.5. The molecule has 1 fully saturated rings. The first-order valence-corrected chi connectivity index (χ1v) is 10.8. The summed E-state index contributed by atoms with van der Waals surface area (Å²) >= 11 is 6.06. The third-order valence-electron chi connectivity index (χ3n) is 6.18. The Morgan fingerprint density at radius 2 is 2.03 bits per heavy atom. The van der Waals surface area contributed by atoms with Gasteiger partial charge in [-0.2, -0.15) is 13.2 Å². The molecule has 1 saturated heterocycles. The van der Waals surface area contributed by atoms with Crippen molar-refractivity contribution in [3.8, 4) is 17.3 Å². The van der Waals surface area contributed by atoms with E-state index in [1.165, 1.54) is 12.1 Å². The first-order valence-electron chi connectivity index (χ1n) is 10.4. The Balaban J connectivity index is 1.54. The van der Waals surface area contributed by atoms with Gasteiger partial charge in [-0.25, -0.2) is 0 Å². The number of hydrogen-bond donors (Lipinski definition) is 0. The van der Waals surface area contributed by atoms with E-state index in [1.54, 1.807) is 30.3 Å². The lowest BCUT2D eigenvalue weighted by atomic mass is 9.90. The van der Waals surface area contributed by atoms with Crippen molar-refractivity contribution in [3.63, 3.8) is 0 Å². The van der Waals surface area contributed by atoms with Gasteiger partial charge in [0.25, 0.3) is 5.91 Å². The number of amides is 1. The van der Waals surface area contributed by atoms with Gasteiger partial charge in [-0.1, -0.05) is 17.7 Å². The number of carbonyl (C=O) groups excluding carboxylic acids is 1. The average molecular weight is 478 g/mol. The summed E-state index contributed by atoms with van der Waals surface area (Å²) < 4.78 is 47.2. The van der Waals surface area contributed by atoms with Gasteiger partial charge in [-0.3, -0.25) is 9.78 Å². The summed E-state index contributed by atoms with van der Waals surface area (Å²) in [7, 11) is 1.56. The van der Waals surface area contributed by atoms with E-state index in [9.17, 15) is 18.0 Å². The Hall–Kier alpha value is -3.14. The van der Waals surface area contributed by atoms with E-state index in [0.29, 0.717) is 42.5 Å². The summed E-state index contributed by atoms with van der Waals surface area (Å²) in [6, 6.07) is 6.26. The van der Waals surface area contributed by atoms with Crippen molar-refractivity contribution in [2.45, 2.75) is 44.1 Å². The van der Waals surface area contributed by atoms with Crippen LogP contribution < -0.4 is 4.74 Å². The van der Waals surface area contributed by atoms with E-state index in [-0.39, 0.29) is 11.6 Å². The number of halogens is 4. The number of benzene rings is 1. The molecule has 1 unspecified atom stereocenters. The van der Waals surface area contributed by atoms with Crippen LogP contribution in [-0.2, 0) is 12.7 Å². The van der Waals surface area contributed by atoms with E-state index in [0.717, 1.165) is 12.5 Å². The molecule has 2 bridgehead atoms. The highest BCUT2D eigenvalue weighted by Crippen LogP contribution is 2.43. The SMILES string of the molecule is COc1ccnc(-c2nnc3n2CC2CCC[C@@H]3N2C(=O)c2cccc(C(F)(F)F)c2Cl)c1. The second kappa shape index (κ2) is 8.02. The van der Waals surface area contributed by atoms with E-state index >= 15 is 0 Å². The van der Waals surface area contributed by atoms with Crippen molar-refractivity contribution in [2.24, 2.45) is 0 Å². The van der Waals surface area contributed by atoms with Crippen LogP contribution in [0.2, 0.25) is 5.02 Å². The van der Waals surface area contributed by atoms with E-state index in [4.69, 9.17) is 16.3 Å². The van der Waals surface area contributed by atoms with Crippen LogP contribution in [0, 0.1) is 0 Å². The van der Waals surface area contributed by atoms with Crippen molar-refractivity contribution in [2.75, 3.05) is 7.11 Å². The molecule has 33 heavy (non-hydrogen) atoms. The predicted octanol–water partition coefficient (Wildman–Crippen LogP) is 4.77. The molecule has 2 aliphatic rings. The van der Waals surface area contributed by atoms with Crippen LogP contribution in [0.15, 0.2) is 36.5 Å². The van der Waals surface area contributed by atoms with Gasteiger partial charge < -0.3 is 14.2 Å². The maximum Gasteiger partial charge on any atom is 0.417 e. The molecule has 7 nitrogen and oxygen atoms in total. The molecule has 1 aromatic carbocycles. The predicted molar refractivity (Wildman–Crippen MR) is 113 cm³/mol. The molecule has 2 aromatic heterocycles. The number of fused-ring (bicyclic) bond motifs is 4. The number of ether oxygens (including phenoxy) is 1. The van der Waals surface area contributed by atoms with Crippen molar-refractivity contribution in [1.82, 2.24) is 24.6 Å². The highest BCUT2D eigenvalue weighted by Gasteiger charge is 2.44. The van der Waals surface area contributed by atoms with Gasteiger partial charge in [0.05, 0.1) is 35.3 Å². The molecule has 4 heterocycles. The Morgan fingerprint density at radius 1 is 1.21 bits per heavy atom. The third-order valence-corrected chi connectivity index (χ3v) is 6.59. The second-order valence-corrected chi connectivity index (χ2v) is 8.43. The standard InChI is InChI=1S/C22H19ClF3N5O2/c1-33-13-8-9-27-16(10-13)19-28-29-20-17-7-2-4-12(11-30(19)20)31(17)21(32)14-5-3-6-15(18(14)23)22(24,25)26/h3,5-6,8-10,12,17H,2,4,7,11H2,1H3/t12?,17-/m0/s1. The summed E-state index contributed by atoms with van der Waals surface area (Å²) in [4.78, 5) is 19.5. The van der Waals surface area contributed by atoms with Crippen molar-refractivity contribution in [1.29, 1.82) is 0 Å². The summed E-state index contributed by atoms with van der Waals surface area (Å²) in [5, 5.41) is 8.07. The minimum atomic E-state index is -4.65. The van der Waals surface area contributed by atoms with Gasteiger partial charge in [-0.05, 0) is 37.5 Å². The van der Waals surface area contributed by atoms with Gasteiger partial charge in [0.2, 0.25) is 0 Å². The molecule has 2 aliphatic heterocycles. The molecule has 3 aromatic rings.